The van der Waals surface area contributed by atoms with Gasteiger partial charge in [0.2, 0.25) is 11.8 Å². The first kappa shape index (κ1) is 32.3. The fourth-order valence-corrected chi connectivity index (χ4v) is 6.85. The average molecular weight is 632 g/mol. The molecule has 3 amide bonds. The second-order valence-electron chi connectivity index (χ2n) is 10.5. The number of rotatable bonds is 2. The molecule has 1 saturated heterocycles. The van der Waals surface area contributed by atoms with Crippen molar-refractivity contribution < 1.29 is 27.5 Å². The standard InChI is InChI=1S/C30H38ClN5O6S/c1-42-27-12-5-4-11-26(27)36-18-7-2-3-10-25(32)29(38)33-16-15-28(37)34-20-21-9-6-8-17-35(21)30(39)23-19-22(43(36,40)41)13-14-24(23)31/h2,4-5,7,11-14,19,21,25H,3,6,8-10,15-18,20,32H2,1H3,(H,33,38)(H,34,37)/b7-2+. The summed E-state index contributed by atoms with van der Waals surface area (Å²) in [5.41, 5.74) is 6.42. The Balaban J connectivity index is 1.74. The lowest BCUT2D eigenvalue weighted by Gasteiger charge is -2.36. The smallest absolute Gasteiger partial charge is 0.264 e. The number of para-hydroxylation sites is 2. The maximum atomic E-state index is 14.2. The molecule has 1 fully saturated rings. The molecule has 232 valence electrons. The third kappa shape index (κ3) is 7.87. The van der Waals surface area contributed by atoms with Gasteiger partial charge in [-0.15, -0.1) is 0 Å². The molecule has 4 rings (SSSR count). The van der Waals surface area contributed by atoms with Gasteiger partial charge in [-0.3, -0.25) is 18.7 Å². The number of halogens is 1. The van der Waals surface area contributed by atoms with E-state index in [1.165, 1.54) is 29.6 Å². The summed E-state index contributed by atoms with van der Waals surface area (Å²) >= 11 is 6.48. The number of ether oxygens (including phenoxy) is 1. The topological polar surface area (TPSA) is 151 Å². The molecular weight excluding hydrogens is 594 g/mol. The van der Waals surface area contributed by atoms with Crippen LogP contribution in [0.4, 0.5) is 5.69 Å². The van der Waals surface area contributed by atoms with Crippen LogP contribution in [-0.4, -0.2) is 76.4 Å². The van der Waals surface area contributed by atoms with Gasteiger partial charge in [-0.2, -0.15) is 0 Å². The molecule has 0 aromatic heterocycles. The van der Waals surface area contributed by atoms with E-state index in [1.54, 1.807) is 41.3 Å². The predicted molar refractivity (Wildman–Crippen MR) is 165 cm³/mol. The van der Waals surface area contributed by atoms with Crippen LogP contribution in [-0.2, 0) is 19.6 Å². The summed E-state index contributed by atoms with van der Waals surface area (Å²) in [6.07, 6.45) is 6.58. The van der Waals surface area contributed by atoms with Gasteiger partial charge in [0.15, 0.2) is 0 Å². The van der Waals surface area contributed by atoms with Gasteiger partial charge in [-0.05, 0) is 62.4 Å². The average Bonchev–Trinajstić information content (AvgIpc) is 3.01. The molecule has 2 aliphatic rings. The maximum Gasteiger partial charge on any atom is 0.264 e. The maximum absolute atomic E-state index is 14.2. The van der Waals surface area contributed by atoms with E-state index in [4.69, 9.17) is 22.1 Å². The summed E-state index contributed by atoms with van der Waals surface area (Å²) < 4.78 is 35.0. The van der Waals surface area contributed by atoms with Crippen LogP contribution < -0.4 is 25.4 Å². The van der Waals surface area contributed by atoms with Crippen LogP contribution in [0, 0.1) is 0 Å². The van der Waals surface area contributed by atoms with Crippen molar-refractivity contribution >= 4 is 45.0 Å². The molecule has 2 heterocycles. The Morgan fingerprint density at radius 1 is 1.02 bits per heavy atom. The van der Waals surface area contributed by atoms with Crippen molar-refractivity contribution in [3.63, 3.8) is 0 Å². The molecule has 0 saturated carbocycles. The van der Waals surface area contributed by atoms with Gasteiger partial charge in [0.05, 0.1) is 40.9 Å². The Morgan fingerprint density at radius 2 is 1.81 bits per heavy atom. The van der Waals surface area contributed by atoms with Gasteiger partial charge in [-0.1, -0.05) is 35.9 Å². The third-order valence-corrected chi connectivity index (χ3v) is 9.71. The molecule has 2 aliphatic heterocycles. The molecular formula is C30H38ClN5O6S. The zero-order valence-corrected chi connectivity index (χ0v) is 25.7. The number of allylic oxidation sites excluding steroid dienone is 1. The van der Waals surface area contributed by atoms with Crippen LogP contribution in [0.5, 0.6) is 5.75 Å². The van der Waals surface area contributed by atoms with E-state index in [2.05, 4.69) is 10.6 Å². The highest BCUT2D eigenvalue weighted by Gasteiger charge is 2.32. The summed E-state index contributed by atoms with van der Waals surface area (Å²) in [7, 11) is -2.75. The largest absolute Gasteiger partial charge is 0.495 e. The highest BCUT2D eigenvalue weighted by molar-refractivity contribution is 7.92. The number of piperidine rings is 1. The minimum atomic E-state index is -4.21. The van der Waals surface area contributed by atoms with Crippen molar-refractivity contribution in [3.05, 3.63) is 65.2 Å². The predicted octanol–water partition coefficient (Wildman–Crippen LogP) is 2.84. The van der Waals surface area contributed by atoms with E-state index in [-0.39, 0.29) is 59.4 Å². The summed E-state index contributed by atoms with van der Waals surface area (Å²) in [4.78, 5) is 40.3. The molecule has 2 atom stereocenters. The van der Waals surface area contributed by atoms with Crippen LogP contribution in [0.3, 0.4) is 0 Å². The van der Waals surface area contributed by atoms with Crippen molar-refractivity contribution in [2.75, 3.05) is 37.6 Å². The van der Waals surface area contributed by atoms with Crippen LogP contribution in [0.25, 0.3) is 0 Å². The Kier molecular flexibility index (Phi) is 11.1. The number of nitrogens with two attached hydrogens (primary N) is 1. The zero-order chi connectivity index (χ0) is 31.0. The second kappa shape index (κ2) is 14.7. The number of anilines is 1. The quantitative estimate of drug-likeness (QED) is 0.431. The number of sulfonamides is 1. The van der Waals surface area contributed by atoms with Crippen LogP contribution in [0.1, 0.15) is 48.9 Å². The number of amides is 3. The number of carbonyl (C=O) groups is 3. The van der Waals surface area contributed by atoms with Crippen molar-refractivity contribution in [2.24, 2.45) is 5.73 Å². The lowest BCUT2D eigenvalue weighted by Crippen LogP contribution is -2.49. The fourth-order valence-electron chi connectivity index (χ4n) is 5.20. The third-order valence-electron chi connectivity index (χ3n) is 7.60. The van der Waals surface area contributed by atoms with Crippen molar-refractivity contribution in [1.29, 1.82) is 0 Å². The number of methoxy groups -OCH3 is 1. The summed E-state index contributed by atoms with van der Waals surface area (Å²) in [6.45, 7) is 0.757. The number of nitrogens with one attached hydrogen (secondary N) is 2. The first-order valence-electron chi connectivity index (χ1n) is 14.3. The Hall–Kier alpha value is -3.61. The van der Waals surface area contributed by atoms with E-state index in [0.717, 1.165) is 12.8 Å². The Labute approximate surface area is 257 Å². The molecule has 0 spiro atoms. The minimum Gasteiger partial charge on any atom is -0.495 e. The summed E-state index contributed by atoms with van der Waals surface area (Å²) in [6, 6.07) is 9.78. The molecule has 0 radical (unpaired) electrons. The number of fused-ring (bicyclic) bond motifs is 3. The molecule has 2 aromatic rings. The number of benzene rings is 2. The first-order valence-corrected chi connectivity index (χ1v) is 16.2. The highest BCUT2D eigenvalue weighted by Crippen LogP contribution is 2.34. The highest BCUT2D eigenvalue weighted by atomic mass is 35.5. The Bertz CT molecular complexity index is 1470. The molecule has 2 aromatic carbocycles. The fraction of sp³-hybridized carbons (Fsp3) is 0.433. The minimum absolute atomic E-state index is 0.0436. The molecule has 4 N–H and O–H groups in total. The molecule has 0 aliphatic carbocycles. The molecule has 13 heteroatoms. The molecule has 11 nitrogen and oxygen atoms in total. The van der Waals surface area contributed by atoms with E-state index < -0.39 is 22.0 Å². The molecule has 2 unspecified atom stereocenters. The monoisotopic (exact) mass is 631 g/mol. The Morgan fingerprint density at radius 3 is 2.60 bits per heavy atom. The number of nitrogens with zero attached hydrogens (tertiary/aromatic N) is 2. The van der Waals surface area contributed by atoms with E-state index in [9.17, 15) is 22.8 Å². The lowest BCUT2D eigenvalue weighted by molar-refractivity contribution is -0.123. The second-order valence-corrected chi connectivity index (χ2v) is 12.8. The van der Waals surface area contributed by atoms with Crippen LogP contribution >= 0.6 is 11.6 Å². The van der Waals surface area contributed by atoms with Crippen LogP contribution in [0.15, 0.2) is 59.5 Å². The van der Waals surface area contributed by atoms with Gasteiger partial charge in [0.1, 0.15) is 5.75 Å². The molecule has 2 bridgehead atoms. The van der Waals surface area contributed by atoms with Crippen LogP contribution in [0.2, 0.25) is 5.02 Å². The summed E-state index contributed by atoms with van der Waals surface area (Å²) in [5, 5.41) is 5.68. The van der Waals surface area contributed by atoms with Gasteiger partial charge >= 0.3 is 0 Å². The first-order chi connectivity index (χ1) is 20.6. The molecule has 43 heavy (non-hydrogen) atoms. The zero-order valence-electron chi connectivity index (χ0n) is 24.1. The van der Waals surface area contributed by atoms with Crippen molar-refractivity contribution in [1.82, 2.24) is 15.5 Å². The number of carbonyl (C=O) groups excluding carboxylic acids is 3. The number of hydrogen-bond acceptors (Lipinski definition) is 7. The lowest BCUT2D eigenvalue weighted by atomic mass is 10.0. The SMILES string of the molecule is COc1ccccc1N1C/C=C/CCC(N)C(=O)NCCC(=O)NCC2CCCCN2C(=O)c2cc(ccc2Cl)S1(=O)=O. The van der Waals surface area contributed by atoms with Gasteiger partial charge < -0.3 is 26.0 Å². The van der Waals surface area contributed by atoms with Crippen molar-refractivity contribution in [2.45, 2.75) is 55.5 Å². The van der Waals surface area contributed by atoms with Gasteiger partial charge in [-0.25, -0.2) is 8.42 Å². The summed E-state index contributed by atoms with van der Waals surface area (Å²) in [5.74, 6) is -0.683. The van der Waals surface area contributed by atoms with E-state index >= 15 is 0 Å². The van der Waals surface area contributed by atoms with Crippen molar-refractivity contribution in [3.8, 4) is 5.75 Å². The van der Waals surface area contributed by atoms with E-state index in [0.29, 0.717) is 37.2 Å². The van der Waals surface area contributed by atoms with Gasteiger partial charge in [0.25, 0.3) is 15.9 Å². The normalized spacial score (nSPS) is 23.3. The van der Waals surface area contributed by atoms with E-state index in [1.807, 2.05) is 0 Å². The van der Waals surface area contributed by atoms with Gasteiger partial charge in [0, 0.05) is 32.1 Å². The number of hydrogen-bond donors (Lipinski definition) is 3.